The number of hydrogen-bond donors (Lipinski definition) is 0. The molecule has 0 aromatic heterocycles. The molecule has 3 aliphatic carbocycles. The molecule has 0 nitrogen and oxygen atoms in total. The molecule has 0 bridgehead atoms. The zero-order valence-corrected chi connectivity index (χ0v) is 12.7. The Labute approximate surface area is 132 Å². The van der Waals surface area contributed by atoms with Gasteiger partial charge < -0.3 is 0 Å². The first-order valence-electron chi connectivity index (χ1n) is 7.50. The molecule has 0 atom stereocenters. The van der Waals surface area contributed by atoms with Crippen LogP contribution in [0.1, 0.15) is 96.3 Å². The molecular weight excluding hydrogens is 349 g/mol. The summed E-state index contributed by atoms with van der Waals surface area (Å²) < 4.78 is 0. The minimum atomic E-state index is 0. The fourth-order valence-corrected chi connectivity index (χ4v) is 2.65. The summed E-state index contributed by atoms with van der Waals surface area (Å²) in [6.45, 7) is 0. The van der Waals surface area contributed by atoms with Gasteiger partial charge in [0.1, 0.15) is 0 Å². The standard InChI is InChI=1S/3C5H10.Tm/c3*1-2-4-5-3-1;/h3*1-5H2;. The van der Waals surface area contributed by atoms with E-state index >= 15 is 0 Å². The molecule has 0 saturated heterocycles. The van der Waals surface area contributed by atoms with Crippen LogP contribution in [0, 0.1) is 36.9 Å². The summed E-state index contributed by atoms with van der Waals surface area (Å²) in [5.41, 5.74) is 0. The fourth-order valence-electron chi connectivity index (χ4n) is 2.65. The third kappa shape index (κ3) is 11.7. The van der Waals surface area contributed by atoms with E-state index in [9.17, 15) is 0 Å². The molecule has 0 aromatic carbocycles. The summed E-state index contributed by atoms with van der Waals surface area (Å²) in [6, 6.07) is 0. The molecule has 0 N–H and O–H groups in total. The maximum absolute atomic E-state index is 1.50. The second-order valence-electron chi connectivity index (χ2n) is 5.30. The zero-order chi connectivity index (χ0) is 10.6. The first kappa shape index (κ1) is 17.2. The van der Waals surface area contributed by atoms with Crippen molar-refractivity contribution in [1.82, 2.24) is 0 Å². The van der Waals surface area contributed by atoms with Crippen LogP contribution in [-0.4, -0.2) is 0 Å². The van der Waals surface area contributed by atoms with E-state index in [1.165, 1.54) is 96.3 Å². The van der Waals surface area contributed by atoms with Gasteiger partial charge >= 0.3 is 0 Å². The Bertz CT molecular complexity index is 64.0. The molecule has 0 aromatic rings. The van der Waals surface area contributed by atoms with E-state index in [1.807, 2.05) is 0 Å². The first-order chi connectivity index (χ1) is 7.50. The second-order valence-corrected chi connectivity index (χ2v) is 5.30. The maximum Gasteiger partial charge on any atom is 0 e. The SMILES string of the molecule is C1CCCC1.C1CCCC1.C1CCCC1.[Tm]. The number of hydrogen-bond acceptors (Lipinski definition) is 0. The van der Waals surface area contributed by atoms with E-state index < -0.39 is 0 Å². The van der Waals surface area contributed by atoms with Crippen LogP contribution >= 0.6 is 0 Å². The Morgan fingerprint density at radius 2 is 0.250 bits per heavy atom. The molecule has 0 heterocycles. The van der Waals surface area contributed by atoms with Crippen molar-refractivity contribution in [3.05, 3.63) is 0 Å². The maximum atomic E-state index is 1.50. The average Bonchev–Trinajstić information content (AvgIpc) is 3.09. The van der Waals surface area contributed by atoms with Crippen molar-refractivity contribution in [2.24, 2.45) is 0 Å². The van der Waals surface area contributed by atoms with Gasteiger partial charge in [0.2, 0.25) is 0 Å². The van der Waals surface area contributed by atoms with Crippen LogP contribution in [0.5, 0.6) is 0 Å². The topological polar surface area (TPSA) is 0 Å². The molecule has 0 amide bonds. The summed E-state index contributed by atoms with van der Waals surface area (Å²) in [5.74, 6) is 0. The summed E-state index contributed by atoms with van der Waals surface area (Å²) in [6.07, 6.45) is 22.5. The van der Waals surface area contributed by atoms with Crippen LogP contribution in [0.15, 0.2) is 0 Å². The Kier molecular flexibility index (Phi) is 15.4. The molecule has 3 saturated carbocycles. The van der Waals surface area contributed by atoms with E-state index in [1.54, 1.807) is 0 Å². The molecule has 103 valence electrons. The summed E-state index contributed by atoms with van der Waals surface area (Å²) in [5, 5.41) is 0. The van der Waals surface area contributed by atoms with Gasteiger partial charge in [-0.3, -0.25) is 0 Å². The van der Waals surface area contributed by atoms with Crippen molar-refractivity contribution >= 4 is 0 Å². The molecule has 1 radical (unpaired) electrons. The average molecular weight is 379 g/mol. The van der Waals surface area contributed by atoms with Gasteiger partial charge in [0, 0.05) is 36.9 Å². The van der Waals surface area contributed by atoms with Crippen molar-refractivity contribution in [2.45, 2.75) is 96.3 Å². The summed E-state index contributed by atoms with van der Waals surface area (Å²) in [4.78, 5) is 0. The van der Waals surface area contributed by atoms with E-state index in [4.69, 9.17) is 0 Å². The van der Waals surface area contributed by atoms with Crippen LogP contribution in [0.2, 0.25) is 0 Å². The quantitative estimate of drug-likeness (QED) is 0.495. The molecular formula is C15H30Tm. The normalized spacial score (nSPS) is 22.5. The Balaban J connectivity index is 0.000000205. The van der Waals surface area contributed by atoms with Crippen molar-refractivity contribution < 1.29 is 36.9 Å². The smallest absolute Gasteiger partial charge is 0 e. The Hall–Kier alpha value is 1.23. The van der Waals surface area contributed by atoms with Gasteiger partial charge in [0.15, 0.2) is 0 Å². The van der Waals surface area contributed by atoms with Gasteiger partial charge in [-0.1, -0.05) is 96.3 Å². The second kappa shape index (κ2) is 14.3. The van der Waals surface area contributed by atoms with Crippen molar-refractivity contribution in [3.8, 4) is 0 Å². The van der Waals surface area contributed by atoms with Crippen molar-refractivity contribution in [2.75, 3.05) is 0 Å². The fraction of sp³-hybridized carbons (Fsp3) is 1.00. The van der Waals surface area contributed by atoms with Crippen LogP contribution in [0.3, 0.4) is 0 Å². The summed E-state index contributed by atoms with van der Waals surface area (Å²) >= 11 is 0. The third-order valence-electron chi connectivity index (χ3n) is 3.75. The minimum absolute atomic E-state index is 0. The predicted octanol–water partition coefficient (Wildman–Crippen LogP) is 5.85. The third-order valence-corrected chi connectivity index (χ3v) is 3.75. The van der Waals surface area contributed by atoms with Gasteiger partial charge in [-0.05, 0) is 0 Å². The molecule has 0 unspecified atom stereocenters. The minimum Gasteiger partial charge on any atom is -0.0533 e. The van der Waals surface area contributed by atoms with Crippen LogP contribution < -0.4 is 0 Å². The predicted molar refractivity (Wildman–Crippen MR) is 69.3 cm³/mol. The van der Waals surface area contributed by atoms with Gasteiger partial charge in [-0.25, -0.2) is 0 Å². The van der Waals surface area contributed by atoms with Crippen molar-refractivity contribution in [1.29, 1.82) is 0 Å². The van der Waals surface area contributed by atoms with E-state index in [2.05, 4.69) is 0 Å². The van der Waals surface area contributed by atoms with Crippen LogP contribution in [0.25, 0.3) is 0 Å². The summed E-state index contributed by atoms with van der Waals surface area (Å²) in [7, 11) is 0. The van der Waals surface area contributed by atoms with Gasteiger partial charge in [-0.2, -0.15) is 0 Å². The molecule has 3 rings (SSSR count). The van der Waals surface area contributed by atoms with Gasteiger partial charge in [0.25, 0.3) is 0 Å². The molecule has 0 spiro atoms. The van der Waals surface area contributed by atoms with Crippen LogP contribution in [-0.2, 0) is 0 Å². The molecule has 0 aliphatic heterocycles. The van der Waals surface area contributed by atoms with Gasteiger partial charge in [0.05, 0.1) is 0 Å². The zero-order valence-electron chi connectivity index (χ0n) is 10.9. The van der Waals surface area contributed by atoms with E-state index in [0.29, 0.717) is 0 Å². The number of rotatable bonds is 0. The van der Waals surface area contributed by atoms with E-state index in [0.717, 1.165) is 0 Å². The van der Waals surface area contributed by atoms with E-state index in [-0.39, 0.29) is 36.9 Å². The van der Waals surface area contributed by atoms with Crippen molar-refractivity contribution in [3.63, 3.8) is 0 Å². The molecule has 3 fully saturated rings. The monoisotopic (exact) mass is 379 g/mol. The molecule has 16 heavy (non-hydrogen) atoms. The van der Waals surface area contributed by atoms with Gasteiger partial charge in [-0.15, -0.1) is 0 Å². The first-order valence-corrected chi connectivity index (χ1v) is 7.50. The molecule has 1 heteroatoms. The van der Waals surface area contributed by atoms with Crippen LogP contribution in [0.4, 0.5) is 0 Å². The molecule has 3 aliphatic rings. The Morgan fingerprint density at radius 1 is 0.188 bits per heavy atom. The largest absolute Gasteiger partial charge is 0.0533 e. The Morgan fingerprint density at radius 3 is 0.312 bits per heavy atom.